The lowest BCUT2D eigenvalue weighted by atomic mass is 10.1. The van der Waals surface area contributed by atoms with Gasteiger partial charge in [0, 0.05) is 13.6 Å². The fraction of sp³-hybridized carbons (Fsp3) is 0.167. The minimum atomic E-state index is -0.0590. The van der Waals surface area contributed by atoms with E-state index in [0.717, 1.165) is 16.9 Å². The fourth-order valence-electron chi connectivity index (χ4n) is 3.49. The second kappa shape index (κ2) is 8.05. The first-order chi connectivity index (χ1) is 14.1. The Morgan fingerprint density at radius 2 is 1.72 bits per heavy atom. The summed E-state index contributed by atoms with van der Waals surface area (Å²) < 4.78 is 5.99. The number of likely N-dealkylation sites (N-methyl/N-ethyl adjacent to an activating group) is 2. The molecular formula is C24H22N2O2S. The van der Waals surface area contributed by atoms with Gasteiger partial charge in [-0.2, -0.15) is 0 Å². The molecule has 1 amide bonds. The highest BCUT2D eigenvalue weighted by Gasteiger charge is 2.34. The summed E-state index contributed by atoms with van der Waals surface area (Å²) in [5.74, 6) is 0.730. The SMILES string of the molecule is CCN1C(=O)/C(=C/c2ccc(OCc3cccc4ccccc34)cc2)N(C)C1=S. The Kier molecular flexibility index (Phi) is 5.32. The molecule has 3 aromatic rings. The second-order valence-electron chi connectivity index (χ2n) is 6.92. The van der Waals surface area contributed by atoms with Crippen LogP contribution in [0.3, 0.4) is 0 Å². The quantitative estimate of drug-likeness (QED) is 0.452. The first-order valence-corrected chi connectivity index (χ1v) is 10.00. The summed E-state index contributed by atoms with van der Waals surface area (Å²) >= 11 is 5.34. The van der Waals surface area contributed by atoms with Crippen LogP contribution in [-0.2, 0) is 11.4 Å². The molecule has 146 valence electrons. The van der Waals surface area contributed by atoms with Gasteiger partial charge in [0.1, 0.15) is 18.1 Å². The molecule has 1 aliphatic rings. The van der Waals surface area contributed by atoms with Gasteiger partial charge in [-0.25, -0.2) is 0 Å². The van der Waals surface area contributed by atoms with Crippen LogP contribution >= 0.6 is 12.2 Å². The van der Waals surface area contributed by atoms with Crippen molar-refractivity contribution in [3.05, 3.63) is 83.6 Å². The smallest absolute Gasteiger partial charge is 0.276 e. The minimum Gasteiger partial charge on any atom is -0.489 e. The molecule has 5 heteroatoms. The molecule has 0 unspecified atom stereocenters. The first kappa shape index (κ1) is 19.2. The standard InChI is InChI=1S/C24H22N2O2S/c1-3-26-23(27)22(25(2)24(26)29)15-17-11-13-20(14-12-17)28-16-19-9-6-8-18-7-4-5-10-21(18)19/h4-15H,3,16H2,1-2H3/b22-15-. The first-order valence-electron chi connectivity index (χ1n) is 9.59. The highest BCUT2D eigenvalue weighted by atomic mass is 32.1. The van der Waals surface area contributed by atoms with Crippen LogP contribution in [0.2, 0.25) is 0 Å². The van der Waals surface area contributed by atoms with Crippen LogP contribution < -0.4 is 4.74 Å². The molecule has 0 bridgehead atoms. The van der Waals surface area contributed by atoms with Gasteiger partial charge in [-0.1, -0.05) is 54.6 Å². The summed E-state index contributed by atoms with van der Waals surface area (Å²) in [7, 11) is 1.82. The lowest BCUT2D eigenvalue weighted by Crippen LogP contribution is -2.30. The minimum absolute atomic E-state index is 0.0590. The van der Waals surface area contributed by atoms with Gasteiger partial charge in [-0.05, 0) is 59.2 Å². The number of rotatable bonds is 5. The van der Waals surface area contributed by atoms with Crippen LogP contribution in [0, 0.1) is 0 Å². The van der Waals surface area contributed by atoms with E-state index in [1.165, 1.54) is 10.8 Å². The molecule has 1 aliphatic heterocycles. The molecule has 0 radical (unpaired) electrons. The number of carbonyl (C=O) groups is 1. The topological polar surface area (TPSA) is 32.8 Å². The van der Waals surface area contributed by atoms with Crippen molar-refractivity contribution < 1.29 is 9.53 Å². The summed E-state index contributed by atoms with van der Waals surface area (Å²) in [5.41, 5.74) is 2.67. The van der Waals surface area contributed by atoms with Crippen LogP contribution in [0.5, 0.6) is 5.75 Å². The van der Waals surface area contributed by atoms with Gasteiger partial charge in [-0.15, -0.1) is 0 Å². The zero-order valence-corrected chi connectivity index (χ0v) is 17.3. The molecule has 29 heavy (non-hydrogen) atoms. The molecule has 1 heterocycles. The van der Waals surface area contributed by atoms with Crippen LogP contribution in [0.15, 0.2) is 72.4 Å². The van der Waals surface area contributed by atoms with Gasteiger partial charge >= 0.3 is 0 Å². The van der Waals surface area contributed by atoms with Gasteiger partial charge in [0.15, 0.2) is 5.11 Å². The van der Waals surface area contributed by atoms with Gasteiger partial charge in [-0.3, -0.25) is 9.69 Å². The normalized spacial score (nSPS) is 15.6. The summed E-state index contributed by atoms with van der Waals surface area (Å²) in [6.07, 6.45) is 1.86. The Balaban J connectivity index is 1.48. The van der Waals surface area contributed by atoms with Gasteiger partial charge in [0.05, 0.1) is 0 Å². The van der Waals surface area contributed by atoms with Crippen molar-refractivity contribution in [3.8, 4) is 5.75 Å². The van der Waals surface area contributed by atoms with Crippen molar-refractivity contribution in [2.75, 3.05) is 13.6 Å². The third kappa shape index (κ3) is 3.74. The summed E-state index contributed by atoms with van der Waals surface area (Å²) in [5, 5.41) is 2.95. The largest absolute Gasteiger partial charge is 0.489 e. The highest BCUT2D eigenvalue weighted by molar-refractivity contribution is 7.80. The molecule has 0 N–H and O–H groups in total. The lowest BCUT2D eigenvalue weighted by molar-refractivity contribution is -0.122. The molecule has 0 atom stereocenters. The number of nitrogens with zero attached hydrogens (tertiary/aromatic N) is 2. The van der Waals surface area contributed by atoms with Crippen LogP contribution in [-0.4, -0.2) is 34.4 Å². The number of thiocarbonyl (C=S) groups is 1. The van der Waals surface area contributed by atoms with Crippen molar-refractivity contribution in [1.29, 1.82) is 0 Å². The third-order valence-corrected chi connectivity index (χ3v) is 5.61. The molecule has 0 aliphatic carbocycles. The van der Waals surface area contributed by atoms with E-state index in [9.17, 15) is 4.79 Å². The average Bonchev–Trinajstić information content (AvgIpc) is 2.96. The van der Waals surface area contributed by atoms with E-state index < -0.39 is 0 Å². The van der Waals surface area contributed by atoms with Gasteiger partial charge in [0.2, 0.25) is 0 Å². The maximum atomic E-state index is 12.5. The number of benzene rings is 3. The highest BCUT2D eigenvalue weighted by Crippen LogP contribution is 2.24. The van der Waals surface area contributed by atoms with Crippen molar-refractivity contribution in [1.82, 2.24) is 9.80 Å². The van der Waals surface area contributed by atoms with E-state index in [1.54, 1.807) is 9.80 Å². The fourth-order valence-corrected chi connectivity index (χ4v) is 3.80. The third-order valence-electron chi connectivity index (χ3n) is 5.12. The lowest BCUT2D eigenvalue weighted by Gasteiger charge is -2.13. The van der Waals surface area contributed by atoms with Gasteiger partial charge in [0.25, 0.3) is 5.91 Å². The van der Waals surface area contributed by atoms with Crippen LogP contribution in [0.4, 0.5) is 0 Å². The summed E-state index contributed by atoms with van der Waals surface area (Å²) in [6.45, 7) is 2.99. The summed E-state index contributed by atoms with van der Waals surface area (Å²) in [6, 6.07) is 22.3. The number of hydrogen-bond acceptors (Lipinski definition) is 3. The molecule has 1 fully saturated rings. The molecule has 0 aromatic heterocycles. The van der Waals surface area contributed by atoms with Crippen molar-refractivity contribution >= 4 is 40.1 Å². The van der Waals surface area contributed by atoms with E-state index in [4.69, 9.17) is 17.0 Å². The van der Waals surface area contributed by atoms with E-state index in [-0.39, 0.29) is 5.91 Å². The number of fused-ring (bicyclic) bond motifs is 1. The number of amides is 1. The Labute approximate surface area is 176 Å². The average molecular weight is 403 g/mol. The van der Waals surface area contributed by atoms with Crippen molar-refractivity contribution in [2.24, 2.45) is 0 Å². The maximum absolute atomic E-state index is 12.5. The van der Waals surface area contributed by atoms with Gasteiger partial charge < -0.3 is 9.64 Å². The Hall–Kier alpha value is -3.18. The Bertz CT molecular complexity index is 1100. The number of ether oxygens (including phenoxy) is 1. The Morgan fingerprint density at radius 1 is 1.00 bits per heavy atom. The number of carbonyl (C=O) groups excluding carboxylic acids is 1. The number of hydrogen-bond donors (Lipinski definition) is 0. The molecule has 4 rings (SSSR count). The molecular weight excluding hydrogens is 380 g/mol. The summed E-state index contributed by atoms with van der Waals surface area (Å²) in [4.78, 5) is 15.9. The zero-order valence-electron chi connectivity index (χ0n) is 16.5. The molecule has 4 nitrogen and oxygen atoms in total. The van der Waals surface area contributed by atoms with E-state index in [2.05, 4.69) is 30.3 Å². The van der Waals surface area contributed by atoms with E-state index in [1.807, 2.05) is 56.4 Å². The van der Waals surface area contributed by atoms with Crippen LogP contribution in [0.1, 0.15) is 18.1 Å². The second-order valence-corrected chi connectivity index (χ2v) is 7.28. The maximum Gasteiger partial charge on any atom is 0.276 e. The predicted octanol–water partition coefficient (Wildman–Crippen LogP) is 4.84. The predicted molar refractivity (Wildman–Crippen MR) is 120 cm³/mol. The van der Waals surface area contributed by atoms with Crippen molar-refractivity contribution in [3.63, 3.8) is 0 Å². The Morgan fingerprint density at radius 3 is 2.45 bits per heavy atom. The van der Waals surface area contributed by atoms with E-state index >= 15 is 0 Å². The molecule has 0 spiro atoms. The molecule has 1 saturated heterocycles. The van der Waals surface area contributed by atoms with E-state index in [0.29, 0.717) is 24.0 Å². The molecule has 3 aromatic carbocycles. The van der Waals surface area contributed by atoms with Crippen LogP contribution in [0.25, 0.3) is 16.8 Å². The van der Waals surface area contributed by atoms with Crippen molar-refractivity contribution in [2.45, 2.75) is 13.5 Å². The molecule has 0 saturated carbocycles. The monoisotopic (exact) mass is 402 g/mol. The zero-order chi connectivity index (χ0) is 20.4.